The van der Waals surface area contributed by atoms with Crippen LogP contribution in [0.4, 0.5) is 0 Å². The fourth-order valence-corrected chi connectivity index (χ4v) is 1.89. The normalized spacial score (nSPS) is 12.9. The fourth-order valence-electron chi connectivity index (χ4n) is 1.57. The molecule has 0 nitrogen and oxygen atoms in total. The molecule has 0 bridgehead atoms. The Bertz CT molecular complexity index is 271. The van der Waals surface area contributed by atoms with Crippen molar-refractivity contribution < 1.29 is 0 Å². The summed E-state index contributed by atoms with van der Waals surface area (Å²) < 4.78 is 0. The highest BCUT2D eigenvalue weighted by atomic mass is 35.5. The highest BCUT2D eigenvalue weighted by molar-refractivity contribution is 6.30. The first-order chi connectivity index (χ1) is 6.61. The summed E-state index contributed by atoms with van der Waals surface area (Å²) in [5.74, 6) is 0.814. The van der Waals surface area contributed by atoms with E-state index in [9.17, 15) is 0 Å². The molecule has 1 rings (SSSR count). The average molecular weight is 211 g/mol. The molecule has 14 heavy (non-hydrogen) atoms. The molecule has 0 N–H and O–H groups in total. The number of rotatable bonds is 4. The summed E-state index contributed by atoms with van der Waals surface area (Å²) in [7, 11) is 0. The van der Waals surface area contributed by atoms with E-state index in [4.69, 9.17) is 11.6 Å². The van der Waals surface area contributed by atoms with Gasteiger partial charge in [-0.2, -0.15) is 0 Å². The maximum atomic E-state index is 6.00. The van der Waals surface area contributed by atoms with Crippen molar-refractivity contribution in [3.8, 4) is 0 Å². The van der Waals surface area contributed by atoms with E-state index in [0.29, 0.717) is 0 Å². The topological polar surface area (TPSA) is 0 Å². The van der Waals surface area contributed by atoms with Crippen LogP contribution in [-0.2, 0) is 6.42 Å². The van der Waals surface area contributed by atoms with Gasteiger partial charge in [0.05, 0.1) is 0 Å². The van der Waals surface area contributed by atoms with E-state index in [2.05, 4.69) is 32.9 Å². The zero-order valence-electron chi connectivity index (χ0n) is 9.31. The largest absolute Gasteiger partial charge is 0.0843 e. The van der Waals surface area contributed by atoms with Gasteiger partial charge in [0.15, 0.2) is 0 Å². The minimum Gasteiger partial charge on any atom is -0.0843 e. The molecule has 1 unspecified atom stereocenters. The lowest BCUT2D eigenvalue weighted by atomic mass is 9.98. The van der Waals surface area contributed by atoms with Crippen LogP contribution in [0.1, 0.15) is 37.8 Å². The SMILES string of the molecule is CCC(C)CCc1cc(C)cc(Cl)c1. The predicted octanol–water partition coefficient (Wildman–Crippen LogP) is 4.63. The Labute approximate surface area is 92.3 Å². The fraction of sp³-hybridized carbons (Fsp3) is 0.538. The molecule has 1 atom stereocenters. The van der Waals surface area contributed by atoms with Crippen LogP contribution in [-0.4, -0.2) is 0 Å². The van der Waals surface area contributed by atoms with E-state index in [1.807, 2.05) is 6.07 Å². The maximum absolute atomic E-state index is 6.00. The Hall–Kier alpha value is -0.490. The molecule has 0 radical (unpaired) electrons. The molecular formula is C13H19Cl. The quantitative estimate of drug-likeness (QED) is 0.680. The van der Waals surface area contributed by atoms with Crippen molar-refractivity contribution in [2.75, 3.05) is 0 Å². The van der Waals surface area contributed by atoms with E-state index < -0.39 is 0 Å². The Morgan fingerprint density at radius 1 is 1.29 bits per heavy atom. The lowest BCUT2D eigenvalue weighted by Crippen LogP contribution is -1.95. The van der Waals surface area contributed by atoms with Gasteiger partial charge in [0.1, 0.15) is 0 Å². The van der Waals surface area contributed by atoms with Gasteiger partial charge < -0.3 is 0 Å². The molecule has 0 saturated heterocycles. The van der Waals surface area contributed by atoms with E-state index in [1.165, 1.54) is 24.0 Å². The Balaban J connectivity index is 2.58. The Kier molecular flexibility index (Phi) is 4.47. The molecular weight excluding hydrogens is 192 g/mol. The first kappa shape index (κ1) is 11.6. The molecule has 1 aromatic carbocycles. The Morgan fingerprint density at radius 2 is 2.00 bits per heavy atom. The standard InChI is InChI=1S/C13H19Cl/c1-4-10(2)5-6-12-7-11(3)8-13(14)9-12/h7-10H,4-6H2,1-3H3. The molecule has 1 aromatic rings. The third-order valence-electron chi connectivity index (χ3n) is 2.72. The van der Waals surface area contributed by atoms with Gasteiger partial charge in [0.2, 0.25) is 0 Å². The molecule has 0 heterocycles. The zero-order valence-corrected chi connectivity index (χ0v) is 10.1. The van der Waals surface area contributed by atoms with Crippen LogP contribution in [0.3, 0.4) is 0 Å². The summed E-state index contributed by atoms with van der Waals surface area (Å²) in [6.07, 6.45) is 3.67. The number of hydrogen-bond acceptors (Lipinski definition) is 0. The molecule has 0 saturated carbocycles. The minimum atomic E-state index is 0.814. The van der Waals surface area contributed by atoms with E-state index >= 15 is 0 Å². The molecule has 0 spiro atoms. The van der Waals surface area contributed by atoms with E-state index in [-0.39, 0.29) is 0 Å². The molecule has 0 aliphatic carbocycles. The zero-order chi connectivity index (χ0) is 10.6. The second-order valence-corrected chi connectivity index (χ2v) is 4.63. The lowest BCUT2D eigenvalue weighted by Gasteiger charge is -2.08. The van der Waals surface area contributed by atoms with Crippen molar-refractivity contribution >= 4 is 11.6 Å². The van der Waals surface area contributed by atoms with Crippen LogP contribution in [0.2, 0.25) is 5.02 Å². The summed E-state index contributed by atoms with van der Waals surface area (Å²) in [4.78, 5) is 0. The highest BCUT2D eigenvalue weighted by Crippen LogP contribution is 2.18. The summed E-state index contributed by atoms with van der Waals surface area (Å²) >= 11 is 6.00. The van der Waals surface area contributed by atoms with Crippen LogP contribution in [0.15, 0.2) is 18.2 Å². The average Bonchev–Trinajstić information content (AvgIpc) is 2.12. The van der Waals surface area contributed by atoms with Crippen LogP contribution < -0.4 is 0 Å². The first-order valence-electron chi connectivity index (χ1n) is 5.38. The molecule has 1 heteroatoms. The van der Waals surface area contributed by atoms with Crippen molar-refractivity contribution in [1.29, 1.82) is 0 Å². The van der Waals surface area contributed by atoms with Crippen LogP contribution in [0.25, 0.3) is 0 Å². The van der Waals surface area contributed by atoms with Crippen molar-refractivity contribution in [3.05, 3.63) is 34.3 Å². The molecule has 0 aliphatic heterocycles. The van der Waals surface area contributed by atoms with Gasteiger partial charge in [0.25, 0.3) is 0 Å². The van der Waals surface area contributed by atoms with Crippen molar-refractivity contribution in [3.63, 3.8) is 0 Å². The second-order valence-electron chi connectivity index (χ2n) is 4.19. The highest BCUT2D eigenvalue weighted by Gasteiger charge is 2.01. The molecule has 0 aromatic heterocycles. The van der Waals surface area contributed by atoms with Gasteiger partial charge >= 0.3 is 0 Å². The minimum absolute atomic E-state index is 0.814. The summed E-state index contributed by atoms with van der Waals surface area (Å²) in [5, 5.41) is 0.865. The number of aryl methyl sites for hydroxylation is 2. The summed E-state index contributed by atoms with van der Waals surface area (Å²) in [6.45, 7) is 6.64. The first-order valence-corrected chi connectivity index (χ1v) is 5.75. The van der Waals surface area contributed by atoms with E-state index in [1.54, 1.807) is 0 Å². The van der Waals surface area contributed by atoms with Crippen LogP contribution in [0.5, 0.6) is 0 Å². The van der Waals surface area contributed by atoms with Gasteiger partial charge in [-0.3, -0.25) is 0 Å². The van der Waals surface area contributed by atoms with Crippen LogP contribution in [0, 0.1) is 12.8 Å². The molecule has 0 amide bonds. The Morgan fingerprint density at radius 3 is 2.57 bits per heavy atom. The summed E-state index contributed by atoms with van der Waals surface area (Å²) in [6, 6.07) is 6.32. The van der Waals surface area contributed by atoms with Gasteiger partial charge in [-0.15, -0.1) is 0 Å². The predicted molar refractivity (Wildman–Crippen MR) is 64.0 cm³/mol. The molecule has 0 fully saturated rings. The number of halogens is 1. The lowest BCUT2D eigenvalue weighted by molar-refractivity contribution is 0.516. The number of hydrogen-bond donors (Lipinski definition) is 0. The number of benzene rings is 1. The van der Waals surface area contributed by atoms with Gasteiger partial charge in [-0.1, -0.05) is 37.9 Å². The monoisotopic (exact) mass is 210 g/mol. The van der Waals surface area contributed by atoms with Gasteiger partial charge in [-0.05, 0) is 48.9 Å². The maximum Gasteiger partial charge on any atom is 0.0411 e. The van der Waals surface area contributed by atoms with Crippen LogP contribution >= 0.6 is 11.6 Å². The third-order valence-corrected chi connectivity index (χ3v) is 2.94. The van der Waals surface area contributed by atoms with Crippen molar-refractivity contribution in [1.82, 2.24) is 0 Å². The molecule has 0 aliphatic rings. The smallest absolute Gasteiger partial charge is 0.0411 e. The van der Waals surface area contributed by atoms with E-state index in [0.717, 1.165) is 17.4 Å². The van der Waals surface area contributed by atoms with Gasteiger partial charge in [0, 0.05) is 5.02 Å². The third kappa shape index (κ3) is 3.71. The van der Waals surface area contributed by atoms with Gasteiger partial charge in [-0.25, -0.2) is 0 Å². The molecule has 78 valence electrons. The summed E-state index contributed by atoms with van der Waals surface area (Å²) in [5.41, 5.74) is 2.63. The van der Waals surface area contributed by atoms with Crippen molar-refractivity contribution in [2.45, 2.75) is 40.0 Å². The van der Waals surface area contributed by atoms with Crippen molar-refractivity contribution in [2.24, 2.45) is 5.92 Å². The second kappa shape index (κ2) is 5.41.